The lowest BCUT2D eigenvalue weighted by Gasteiger charge is -2.26. The minimum absolute atomic E-state index is 0.773. The van der Waals surface area contributed by atoms with Gasteiger partial charge in [0, 0.05) is 24.9 Å². The maximum Gasteiger partial charge on any atom is 0.0217 e. The standard InChI is InChI=1S/C10H22N2S/c1-12(7-8-13-2)10-5-3-4-6-11-9-10/h10-11H,3-9H2,1-2H3. The van der Waals surface area contributed by atoms with Gasteiger partial charge in [-0.2, -0.15) is 11.8 Å². The average Bonchev–Trinajstić information content (AvgIpc) is 2.42. The maximum absolute atomic E-state index is 3.51. The number of hydrogen-bond donors (Lipinski definition) is 1. The van der Waals surface area contributed by atoms with Crippen LogP contribution in [0.5, 0.6) is 0 Å². The Morgan fingerprint density at radius 3 is 3.08 bits per heavy atom. The Morgan fingerprint density at radius 2 is 2.31 bits per heavy atom. The molecule has 0 saturated carbocycles. The number of rotatable bonds is 4. The highest BCUT2D eigenvalue weighted by atomic mass is 32.2. The summed E-state index contributed by atoms with van der Waals surface area (Å²) in [6.07, 6.45) is 6.30. The molecule has 0 amide bonds. The van der Waals surface area contributed by atoms with Gasteiger partial charge < -0.3 is 10.2 Å². The van der Waals surface area contributed by atoms with Crippen LogP contribution in [-0.2, 0) is 0 Å². The van der Waals surface area contributed by atoms with Crippen molar-refractivity contribution in [2.24, 2.45) is 0 Å². The predicted octanol–water partition coefficient (Wildman–Crippen LogP) is 1.42. The minimum atomic E-state index is 0.773. The van der Waals surface area contributed by atoms with Crippen LogP contribution in [0.2, 0.25) is 0 Å². The van der Waals surface area contributed by atoms with Gasteiger partial charge in [0.1, 0.15) is 0 Å². The Balaban J connectivity index is 2.22. The number of hydrogen-bond acceptors (Lipinski definition) is 3. The smallest absolute Gasteiger partial charge is 0.0217 e. The van der Waals surface area contributed by atoms with Gasteiger partial charge in [-0.25, -0.2) is 0 Å². The van der Waals surface area contributed by atoms with Crippen molar-refractivity contribution in [3.05, 3.63) is 0 Å². The molecule has 0 aromatic carbocycles. The molecule has 2 nitrogen and oxygen atoms in total. The fourth-order valence-electron chi connectivity index (χ4n) is 1.79. The van der Waals surface area contributed by atoms with Gasteiger partial charge in [0.25, 0.3) is 0 Å². The molecule has 1 aliphatic heterocycles. The summed E-state index contributed by atoms with van der Waals surface area (Å²) >= 11 is 1.94. The van der Waals surface area contributed by atoms with Crippen molar-refractivity contribution in [1.82, 2.24) is 10.2 Å². The van der Waals surface area contributed by atoms with Crippen LogP contribution in [0.15, 0.2) is 0 Å². The Bertz CT molecular complexity index is 122. The lowest BCUT2D eigenvalue weighted by molar-refractivity contribution is 0.244. The molecule has 0 aromatic heterocycles. The summed E-state index contributed by atoms with van der Waals surface area (Å²) in [5.74, 6) is 1.26. The number of thioether (sulfide) groups is 1. The minimum Gasteiger partial charge on any atom is -0.315 e. The summed E-state index contributed by atoms with van der Waals surface area (Å²) in [5, 5.41) is 3.51. The molecular weight excluding hydrogens is 180 g/mol. The van der Waals surface area contributed by atoms with Gasteiger partial charge in [0.05, 0.1) is 0 Å². The molecule has 3 heteroatoms. The second-order valence-corrected chi connectivity index (χ2v) is 4.81. The molecule has 13 heavy (non-hydrogen) atoms. The van der Waals surface area contributed by atoms with Crippen LogP contribution in [0.4, 0.5) is 0 Å². The Morgan fingerprint density at radius 1 is 1.46 bits per heavy atom. The van der Waals surface area contributed by atoms with E-state index >= 15 is 0 Å². The van der Waals surface area contributed by atoms with E-state index in [1.165, 1.54) is 44.6 Å². The van der Waals surface area contributed by atoms with E-state index in [-0.39, 0.29) is 0 Å². The van der Waals surface area contributed by atoms with Crippen LogP contribution in [0.3, 0.4) is 0 Å². The third-order valence-corrected chi connectivity index (χ3v) is 3.38. The molecule has 1 heterocycles. The molecule has 1 N–H and O–H groups in total. The van der Waals surface area contributed by atoms with E-state index in [0.717, 1.165) is 6.04 Å². The molecule has 0 aromatic rings. The Labute approximate surface area is 86.5 Å². The van der Waals surface area contributed by atoms with Crippen LogP contribution in [0.1, 0.15) is 19.3 Å². The molecule has 0 bridgehead atoms. The van der Waals surface area contributed by atoms with Gasteiger partial charge >= 0.3 is 0 Å². The summed E-state index contributed by atoms with van der Waals surface area (Å²) in [7, 11) is 2.26. The molecule has 0 aliphatic carbocycles. The topological polar surface area (TPSA) is 15.3 Å². The van der Waals surface area contributed by atoms with Crippen molar-refractivity contribution in [2.75, 3.05) is 38.7 Å². The fourth-order valence-corrected chi connectivity index (χ4v) is 2.27. The Kier molecular flexibility index (Phi) is 5.83. The quantitative estimate of drug-likeness (QED) is 0.742. The summed E-state index contributed by atoms with van der Waals surface area (Å²) in [4.78, 5) is 2.51. The average molecular weight is 202 g/mol. The van der Waals surface area contributed by atoms with Gasteiger partial charge in [-0.05, 0) is 32.7 Å². The van der Waals surface area contributed by atoms with Crippen LogP contribution < -0.4 is 5.32 Å². The Hall–Kier alpha value is 0.270. The molecule has 1 atom stereocenters. The summed E-state index contributed by atoms with van der Waals surface area (Å²) < 4.78 is 0. The predicted molar refractivity (Wildman–Crippen MR) is 61.5 cm³/mol. The number of nitrogens with one attached hydrogen (secondary N) is 1. The van der Waals surface area contributed by atoms with Crippen molar-refractivity contribution in [2.45, 2.75) is 25.3 Å². The van der Waals surface area contributed by atoms with E-state index in [1.807, 2.05) is 11.8 Å². The van der Waals surface area contributed by atoms with Crippen LogP contribution in [0.25, 0.3) is 0 Å². The van der Waals surface area contributed by atoms with Crippen molar-refractivity contribution in [3.63, 3.8) is 0 Å². The molecule has 1 rings (SSSR count). The van der Waals surface area contributed by atoms with Gasteiger partial charge in [0.15, 0.2) is 0 Å². The highest BCUT2D eigenvalue weighted by molar-refractivity contribution is 7.98. The molecule has 0 spiro atoms. The number of nitrogens with zero attached hydrogens (tertiary/aromatic N) is 1. The molecule has 1 saturated heterocycles. The van der Waals surface area contributed by atoms with Gasteiger partial charge in [0.2, 0.25) is 0 Å². The number of likely N-dealkylation sites (N-methyl/N-ethyl adjacent to an activating group) is 1. The van der Waals surface area contributed by atoms with E-state index in [1.54, 1.807) is 0 Å². The van der Waals surface area contributed by atoms with Crippen LogP contribution >= 0.6 is 11.8 Å². The molecule has 78 valence electrons. The van der Waals surface area contributed by atoms with Crippen molar-refractivity contribution >= 4 is 11.8 Å². The van der Waals surface area contributed by atoms with E-state index < -0.39 is 0 Å². The summed E-state index contributed by atoms with van der Waals surface area (Å²) in [6.45, 7) is 3.63. The van der Waals surface area contributed by atoms with E-state index in [4.69, 9.17) is 0 Å². The molecule has 1 unspecified atom stereocenters. The first-order valence-corrected chi connectivity index (χ1v) is 6.64. The van der Waals surface area contributed by atoms with Crippen molar-refractivity contribution < 1.29 is 0 Å². The lowest BCUT2D eigenvalue weighted by Crippen LogP contribution is -2.39. The summed E-state index contributed by atoms with van der Waals surface area (Å²) in [6, 6.07) is 0.773. The lowest BCUT2D eigenvalue weighted by atomic mass is 10.1. The highest BCUT2D eigenvalue weighted by Gasteiger charge is 2.15. The van der Waals surface area contributed by atoms with Gasteiger partial charge in [-0.15, -0.1) is 0 Å². The normalized spacial score (nSPS) is 24.7. The molecule has 1 fully saturated rings. The fraction of sp³-hybridized carbons (Fsp3) is 1.00. The van der Waals surface area contributed by atoms with Crippen LogP contribution in [-0.4, -0.2) is 49.6 Å². The van der Waals surface area contributed by atoms with Crippen molar-refractivity contribution in [3.8, 4) is 0 Å². The summed E-state index contributed by atoms with van der Waals surface area (Å²) in [5.41, 5.74) is 0. The maximum atomic E-state index is 3.51. The second-order valence-electron chi connectivity index (χ2n) is 3.83. The monoisotopic (exact) mass is 202 g/mol. The van der Waals surface area contributed by atoms with Crippen molar-refractivity contribution in [1.29, 1.82) is 0 Å². The third-order valence-electron chi connectivity index (χ3n) is 2.79. The highest BCUT2D eigenvalue weighted by Crippen LogP contribution is 2.10. The molecule has 1 aliphatic rings. The van der Waals surface area contributed by atoms with E-state index in [2.05, 4.69) is 23.5 Å². The SMILES string of the molecule is CSCCN(C)C1CCCCNC1. The van der Waals surface area contributed by atoms with E-state index in [0.29, 0.717) is 0 Å². The first-order valence-electron chi connectivity index (χ1n) is 5.24. The zero-order valence-corrected chi connectivity index (χ0v) is 9.70. The largest absolute Gasteiger partial charge is 0.315 e. The third kappa shape index (κ3) is 4.34. The second kappa shape index (κ2) is 6.68. The molecular formula is C10H22N2S. The van der Waals surface area contributed by atoms with E-state index in [9.17, 15) is 0 Å². The first-order chi connectivity index (χ1) is 6.34. The first kappa shape index (κ1) is 11.3. The molecule has 0 radical (unpaired) electrons. The van der Waals surface area contributed by atoms with Crippen LogP contribution in [0, 0.1) is 0 Å². The van der Waals surface area contributed by atoms with Gasteiger partial charge in [-0.3, -0.25) is 0 Å². The zero-order valence-electron chi connectivity index (χ0n) is 8.88. The van der Waals surface area contributed by atoms with Gasteiger partial charge in [-0.1, -0.05) is 6.42 Å². The zero-order chi connectivity index (χ0) is 9.52.